The maximum absolute atomic E-state index is 12.0. The first-order chi connectivity index (χ1) is 10.7. The molecule has 0 bridgehead atoms. The molecule has 0 saturated carbocycles. The molecular weight excluding hydrogens is 280 g/mol. The van der Waals surface area contributed by atoms with Gasteiger partial charge in [-0.1, -0.05) is 6.92 Å². The van der Waals surface area contributed by atoms with Crippen LogP contribution in [0.2, 0.25) is 0 Å². The monoisotopic (exact) mass is 302 g/mol. The fraction of sp³-hybridized carbons (Fsp3) is 0.375. The molecule has 0 aliphatic carbocycles. The highest BCUT2D eigenvalue weighted by atomic mass is 16.5. The van der Waals surface area contributed by atoms with E-state index in [0.717, 1.165) is 30.9 Å². The van der Waals surface area contributed by atoms with E-state index in [9.17, 15) is 4.79 Å². The Hall–Kier alpha value is -2.34. The smallest absolute Gasteiger partial charge is 0.271 e. The highest BCUT2D eigenvalue weighted by Gasteiger charge is 2.09. The average Bonchev–Trinajstić information content (AvgIpc) is 3.04. The molecule has 6 nitrogen and oxygen atoms in total. The Morgan fingerprint density at radius 2 is 1.95 bits per heavy atom. The van der Waals surface area contributed by atoms with E-state index in [1.54, 1.807) is 24.1 Å². The molecule has 2 rings (SSSR count). The molecule has 1 aromatic heterocycles. The molecule has 1 heterocycles. The highest BCUT2D eigenvalue weighted by molar-refractivity contribution is 5.92. The van der Waals surface area contributed by atoms with E-state index >= 15 is 0 Å². The number of aromatic nitrogens is 2. The van der Waals surface area contributed by atoms with Gasteiger partial charge in [-0.15, -0.1) is 0 Å². The van der Waals surface area contributed by atoms with Crippen molar-refractivity contribution < 1.29 is 9.53 Å². The lowest BCUT2D eigenvalue weighted by atomic mass is 10.3. The second-order valence-corrected chi connectivity index (χ2v) is 4.85. The first-order valence-electron chi connectivity index (χ1n) is 7.43. The lowest BCUT2D eigenvalue weighted by molar-refractivity contribution is 0.0948. The number of carbonyl (C=O) groups excluding carboxylic acids is 1. The zero-order valence-corrected chi connectivity index (χ0v) is 13.0. The van der Waals surface area contributed by atoms with Crippen molar-refractivity contribution in [1.82, 2.24) is 20.4 Å². The fourth-order valence-electron chi connectivity index (χ4n) is 1.98. The van der Waals surface area contributed by atoms with E-state index in [4.69, 9.17) is 4.74 Å². The van der Waals surface area contributed by atoms with Gasteiger partial charge < -0.3 is 15.4 Å². The number of rotatable bonds is 8. The summed E-state index contributed by atoms with van der Waals surface area (Å²) in [5.74, 6) is 0.624. The van der Waals surface area contributed by atoms with Crippen molar-refractivity contribution in [3.8, 4) is 11.4 Å². The molecule has 0 unspecified atom stereocenters. The van der Waals surface area contributed by atoms with Gasteiger partial charge in [0, 0.05) is 19.3 Å². The lowest BCUT2D eigenvalue weighted by Gasteiger charge is -2.05. The molecule has 118 valence electrons. The standard InChI is InChI=1S/C16H22N4O2/c1-3-9-17-10-11-18-16(21)15-8-12-20(19-15)13-4-6-14(22-2)7-5-13/h4-8,12,17H,3,9-11H2,1-2H3,(H,18,21). The van der Waals surface area contributed by atoms with Crippen LogP contribution in [0.15, 0.2) is 36.5 Å². The maximum Gasteiger partial charge on any atom is 0.271 e. The van der Waals surface area contributed by atoms with Crippen LogP contribution in [0.25, 0.3) is 5.69 Å². The first-order valence-corrected chi connectivity index (χ1v) is 7.43. The van der Waals surface area contributed by atoms with Gasteiger partial charge >= 0.3 is 0 Å². The van der Waals surface area contributed by atoms with Crippen LogP contribution >= 0.6 is 0 Å². The van der Waals surface area contributed by atoms with Crippen molar-refractivity contribution in [2.75, 3.05) is 26.7 Å². The minimum atomic E-state index is -0.162. The van der Waals surface area contributed by atoms with Gasteiger partial charge in [-0.05, 0) is 43.3 Å². The van der Waals surface area contributed by atoms with Crippen molar-refractivity contribution in [2.45, 2.75) is 13.3 Å². The van der Waals surface area contributed by atoms with Gasteiger partial charge in [0.2, 0.25) is 0 Å². The zero-order valence-electron chi connectivity index (χ0n) is 13.0. The number of nitrogens with one attached hydrogen (secondary N) is 2. The van der Waals surface area contributed by atoms with Crippen LogP contribution in [0.3, 0.4) is 0 Å². The van der Waals surface area contributed by atoms with Crippen molar-refractivity contribution in [3.63, 3.8) is 0 Å². The van der Waals surface area contributed by atoms with Crippen LogP contribution in [-0.4, -0.2) is 42.4 Å². The Bertz CT molecular complexity index is 592. The minimum absolute atomic E-state index is 0.162. The molecule has 22 heavy (non-hydrogen) atoms. The van der Waals surface area contributed by atoms with E-state index in [1.807, 2.05) is 24.3 Å². The summed E-state index contributed by atoms with van der Waals surface area (Å²) in [5, 5.41) is 10.4. The molecule has 0 aliphatic heterocycles. The van der Waals surface area contributed by atoms with Gasteiger partial charge in [-0.3, -0.25) is 4.79 Å². The molecule has 2 N–H and O–H groups in total. The summed E-state index contributed by atoms with van der Waals surface area (Å²) < 4.78 is 6.79. The third-order valence-electron chi connectivity index (χ3n) is 3.17. The van der Waals surface area contributed by atoms with Gasteiger partial charge in [0.1, 0.15) is 5.75 Å². The Kier molecular flexibility index (Phi) is 5.97. The molecule has 0 atom stereocenters. The minimum Gasteiger partial charge on any atom is -0.497 e. The Morgan fingerprint density at radius 1 is 1.18 bits per heavy atom. The third kappa shape index (κ3) is 4.33. The molecule has 1 amide bonds. The average molecular weight is 302 g/mol. The third-order valence-corrected chi connectivity index (χ3v) is 3.17. The second kappa shape index (κ2) is 8.19. The van der Waals surface area contributed by atoms with Crippen molar-refractivity contribution in [1.29, 1.82) is 0 Å². The Balaban J connectivity index is 1.91. The Morgan fingerprint density at radius 3 is 2.64 bits per heavy atom. The first kappa shape index (κ1) is 16.0. The lowest BCUT2D eigenvalue weighted by Crippen LogP contribution is -2.32. The molecule has 0 spiro atoms. The van der Waals surface area contributed by atoms with E-state index in [-0.39, 0.29) is 5.91 Å². The van der Waals surface area contributed by atoms with E-state index in [2.05, 4.69) is 22.7 Å². The van der Waals surface area contributed by atoms with Gasteiger partial charge in [0.15, 0.2) is 5.69 Å². The normalized spacial score (nSPS) is 10.5. The molecule has 0 aliphatic rings. The topological polar surface area (TPSA) is 68.2 Å². The maximum atomic E-state index is 12.0. The summed E-state index contributed by atoms with van der Waals surface area (Å²) in [7, 11) is 1.63. The van der Waals surface area contributed by atoms with Gasteiger partial charge in [-0.2, -0.15) is 5.10 Å². The van der Waals surface area contributed by atoms with E-state index < -0.39 is 0 Å². The largest absolute Gasteiger partial charge is 0.497 e. The number of carbonyl (C=O) groups is 1. The number of hydrogen-bond donors (Lipinski definition) is 2. The van der Waals surface area contributed by atoms with E-state index in [0.29, 0.717) is 12.2 Å². The number of ether oxygens (including phenoxy) is 1. The van der Waals surface area contributed by atoms with Crippen LogP contribution in [0.5, 0.6) is 5.75 Å². The van der Waals surface area contributed by atoms with Crippen LogP contribution in [0.4, 0.5) is 0 Å². The molecule has 2 aromatic rings. The number of amides is 1. The van der Waals surface area contributed by atoms with Crippen LogP contribution < -0.4 is 15.4 Å². The number of hydrogen-bond acceptors (Lipinski definition) is 4. The molecule has 0 saturated heterocycles. The predicted octanol–water partition coefficient (Wildman–Crippen LogP) is 1.61. The Labute approximate surface area is 130 Å². The number of benzene rings is 1. The van der Waals surface area contributed by atoms with Crippen molar-refractivity contribution >= 4 is 5.91 Å². The summed E-state index contributed by atoms with van der Waals surface area (Å²) in [6.07, 6.45) is 2.85. The second-order valence-electron chi connectivity index (χ2n) is 4.85. The predicted molar refractivity (Wildman–Crippen MR) is 85.6 cm³/mol. The molecular formula is C16H22N4O2. The summed E-state index contributed by atoms with van der Waals surface area (Å²) >= 11 is 0. The van der Waals surface area contributed by atoms with Crippen molar-refractivity contribution in [2.24, 2.45) is 0 Å². The van der Waals surface area contributed by atoms with Crippen LogP contribution in [0.1, 0.15) is 23.8 Å². The summed E-state index contributed by atoms with van der Waals surface area (Å²) in [6.45, 7) is 4.42. The van der Waals surface area contributed by atoms with Gasteiger partial charge in [0.05, 0.1) is 12.8 Å². The van der Waals surface area contributed by atoms with Crippen LogP contribution in [0, 0.1) is 0 Å². The van der Waals surface area contributed by atoms with Gasteiger partial charge in [-0.25, -0.2) is 4.68 Å². The zero-order chi connectivity index (χ0) is 15.8. The SMILES string of the molecule is CCCNCCNC(=O)c1ccn(-c2ccc(OC)cc2)n1. The fourth-order valence-corrected chi connectivity index (χ4v) is 1.98. The summed E-state index contributed by atoms with van der Waals surface area (Å²) in [4.78, 5) is 12.0. The number of methoxy groups -OCH3 is 1. The molecule has 6 heteroatoms. The number of nitrogens with zero attached hydrogens (tertiary/aromatic N) is 2. The highest BCUT2D eigenvalue weighted by Crippen LogP contribution is 2.14. The summed E-state index contributed by atoms with van der Waals surface area (Å²) in [5.41, 5.74) is 1.29. The molecule has 1 aromatic carbocycles. The van der Waals surface area contributed by atoms with Gasteiger partial charge in [0.25, 0.3) is 5.91 Å². The molecule has 0 radical (unpaired) electrons. The van der Waals surface area contributed by atoms with E-state index in [1.165, 1.54) is 0 Å². The van der Waals surface area contributed by atoms with Crippen molar-refractivity contribution in [3.05, 3.63) is 42.2 Å². The summed E-state index contributed by atoms with van der Waals surface area (Å²) in [6, 6.07) is 9.20. The van der Waals surface area contributed by atoms with Crippen LogP contribution in [-0.2, 0) is 0 Å². The molecule has 0 fully saturated rings. The quantitative estimate of drug-likeness (QED) is 0.727.